The first-order chi connectivity index (χ1) is 10.8. The van der Waals surface area contributed by atoms with Gasteiger partial charge in [-0.05, 0) is 17.6 Å². The van der Waals surface area contributed by atoms with E-state index in [4.69, 9.17) is 9.84 Å². The minimum Gasteiger partial charge on any atom is -0.478 e. The van der Waals surface area contributed by atoms with E-state index in [0.29, 0.717) is 0 Å². The maximum absolute atomic E-state index is 13.1. The molecular formula is C15H14F3NO5. The van der Waals surface area contributed by atoms with Gasteiger partial charge in [-0.25, -0.2) is 4.79 Å². The summed E-state index contributed by atoms with van der Waals surface area (Å²) in [6, 6.07) is 2.20. The third-order valence-corrected chi connectivity index (χ3v) is 3.52. The Morgan fingerprint density at radius 3 is 2.29 bits per heavy atom. The SMILES string of the molecule is CC(C)(C)c1cc2c(cc1[N+](=O)[O-])C=C(C(=O)O)[C@@H](C(F)(F)F)O2. The van der Waals surface area contributed by atoms with Crippen molar-refractivity contribution < 1.29 is 32.7 Å². The molecule has 0 bridgehead atoms. The molecule has 0 unspecified atom stereocenters. The number of rotatable bonds is 2. The number of carbonyl (C=O) groups is 1. The van der Waals surface area contributed by atoms with Crippen molar-refractivity contribution in [3.8, 4) is 5.75 Å². The number of alkyl halides is 3. The van der Waals surface area contributed by atoms with Crippen molar-refractivity contribution in [2.24, 2.45) is 0 Å². The Bertz CT molecular complexity index is 747. The van der Waals surface area contributed by atoms with Gasteiger partial charge in [-0.2, -0.15) is 13.2 Å². The number of nitrogens with zero attached hydrogens (tertiary/aromatic N) is 1. The average molecular weight is 345 g/mol. The lowest BCUT2D eigenvalue weighted by atomic mass is 9.84. The molecule has 130 valence electrons. The first kappa shape index (κ1) is 17.8. The van der Waals surface area contributed by atoms with E-state index in [1.165, 1.54) is 6.07 Å². The number of hydrogen-bond donors (Lipinski definition) is 1. The number of aliphatic carboxylic acids is 1. The van der Waals surface area contributed by atoms with Crippen LogP contribution in [0.1, 0.15) is 31.9 Å². The van der Waals surface area contributed by atoms with Crippen molar-refractivity contribution in [1.29, 1.82) is 0 Å². The first-order valence-electron chi connectivity index (χ1n) is 6.83. The lowest BCUT2D eigenvalue weighted by Gasteiger charge is -2.28. The minimum absolute atomic E-state index is 0.0763. The van der Waals surface area contributed by atoms with Gasteiger partial charge in [0, 0.05) is 17.2 Å². The van der Waals surface area contributed by atoms with Crippen LogP contribution in [0.4, 0.5) is 18.9 Å². The van der Waals surface area contributed by atoms with Crippen LogP contribution in [0.3, 0.4) is 0 Å². The Kier molecular flexibility index (Phi) is 4.07. The monoisotopic (exact) mass is 345 g/mol. The summed E-state index contributed by atoms with van der Waals surface area (Å²) in [5.74, 6) is -2.04. The van der Waals surface area contributed by atoms with Crippen molar-refractivity contribution in [3.63, 3.8) is 0 Å². The van der Waals surface area contributed by atoms with Gasteiger partial charge in [-0.3, -0.25) is 10.1 Å². The molecule has 0 saturated heterocycles. The number of hydrogen-bond acceptors (Lipinski definition) is 4. The summed E-state index contributed by atoms with van der Waals surface area (Å²) >= 11 is 0. The quantitative estimate of drug-likeness (QED) is 0.652. The van der Waals surface area contributed by atoms with Gasteiger partial charge in [0.1, 0.15) is 5.75 Å². The summed E-state index contributed by atoms with van der Waals surface area (Å²) in [7, 11) is 0. The Hall–Kier alpha value is -2.58. The molecule has 9 heteroatoms. The van der Waals surface area contributed by atoms with Gasteiger partial charge < -0.3 is 9.84 Å². The largest absolute Gasteiger partial charge is 0.478 e. The molecule has 0 aromatic heterocycles. The van der Waals surface area contributed by atoms with E-state index in [9.17, 15) is 28.1 Å². The summed E-state index contributed by atoms with van der Waals surface area (Å²) in [4.78, 5) is 21.7. The molecule has 1 aliphatic heterocycles. The van der Waals surface area contributed by atoms with E-state index in [0.717, 1.165) is 12.1 Å². The fourth-order valence-electron chi connectivity index (χ4n) is 2.40. The van der Waals surface area contributed by atoms with E-state index in [2.05, 4.69) is 0 Å². The number of halogens is 3. The predicted octanol–water partition coefficient (Wildman–Crippen LogP) is 3.68. The molecule has 0 spiro atoms. The number of carboxylic acid groups (broad SMARTS) is 1. The number of fused-ring (bicyclic) bond motifs is 1. The molecule has 1 aliphatic rings. The number of nitro groups is 1. The van der Waals surface area contributed by atoms with Gasteiger partial charge >= 0.3 is 12.1 Å². The molecule has 6 nitrogen and oxygen atoms in total. The average Bonchev–Trinajstić information content (AvgIpc) is 2.42. The Morgan fingerprint density at radius 2 is 1.88 bits per heavy atom. The van der Waals surface area contributed by atoms with Crippen LogP contribution in [-0.4, -0.2) is 28.3 Å². The highest BCUT2D eigenvalue weighted by Gasteiger charge is 2.48. The standard InChI is InChI=1S/C15H14F3NO5/c1-14(2,3)9-6-11-7(5-10(9)19(22)23)4-8(13(20)21)12(24-11)15(16,17)18/h4-6,12H,1-3H3,(H,20,21)/t12-/m0/s1. The molecule has 0 amide bonds. The molecule has 1 N–H and O–H groups in total. The highest BCUT2D eigenvalue weighted by molar-refractivity contribution is 5.95. The number of ether oxygens (including phenoxy) is 1. The van der Waals surface area contributed by atoms with Gasteiger partial charge in [0.2, 0.25) is 6.10 Å². The second-order valence-electron chi connectivity index (χ2n) is 6.36. The number of benzene rings is 1. The second-order valence-corrected chi connectivity index (χ2v) is 6.36. The molecule has 1 atom stereocenters. The molecule has 0 radical (unpaired) electrons. The lowest BCUT2D eigenvalue weighted by molar-refractivity contribution is -0.386. The van der Waals surface area contributed by atoms with Crippen LogP contribution in [0.25, 0.3) is 6.08 Å². The van der Waals surface area contributed by atoms with Crippen molar-refractivity contribution in [2.45, 2.75) is 38.5 Å². The van der Waals surface area contributed by atoms with Gasteiger partial charge in [0.15, 0.2) is 0 Å². The summed E-state index contributed by atoms with van der Waals surface area (Å²) < 4.78 is 44.0. The van der Waals surface area contributed by atoms with Crippen molar-refractivity contribution >= 4 is 17.7 Å². The molecular weight excluding hydrogens is 331 g/mol. The summed E-state index contributed by atoms with van der Waals surface area (Å²) in [6.45, 7) is 5.01. The van der Waals surface area contributed by atoms with Crippen LogP contribution in [-0.2, 0) is 10.2 Å². The van der Waals surface area contributed by atoms with E-state index in [-0.39, 0.29) is 22.6 Å². The maximum Gasteiger partial charge on any atom is 0.430 e. The number of carboxylic acids is 1. The molecule has 1 aromatic carbocycles. The predicted molar refractivity (Wildman–Crippen MR) is 77.9 cm³/mol. The highest BCUT2D eigenvalue weighted by atomic mass is 19.4. The Labute approximate surface area is 134 Å². The van der Waals surface area contributed by atoms with E-state index in [1.54, 1.807) is 20.8 Å². The number of nitro benzene ring substituents is 1. The molecule has 0 aliphatic carbocycles. The smallest absolute Gasteiger partial charge is 0.430 e. The fraction of sp³-hybridized carbons (Fsp3) is 0.400. The molecule has 1 aromatic rings. The van der Waals surface area contributed by atoms with Crippen LogP contribution in [0.2, 0.25) is 0 Å². The highest BCUT2D eigenvalue weighted by Crippen LogP contribution is 2.42. The van der Waals surface area contributed by atoms with Crippen LogP contribution in [0.15, 0.2) is 17.7 Å². The van der Waals surface area contributed by atoms with E-state index < -0.39 is 34.2 Å². The molecule has 1 heterocycles. The Morgan fingerprint density at radius 1 is 1.29 bits per heavy atom. The molecule has 0 saturated carbocycles. The zero-order valence-corrected chi connectivity index (χ0v) is 13.0. The minimum atomic E-state index is -4.93. The lowest BCUT2D eigenvalue weighted by Crippen LogP contribution is -2.40. The van der Waals surface area contributed by atoms with Crippen LogP contribution >= 0.6 is 0 Å². The fourth-order valence-corrected chi connectivity index (χ4v) is 2.40. The van der Waals surface area contributed by atoms with Gasteiger partial charge in [-0.1, -0.05) is 20.8 Å². The topological polar surface area (TPSA) is 89.7 Å². The maximum atomic E-state index is 13.1. The van der Waals surface area contributed by atoms with Gasteiger partial charge in [0.25, 0.3) is 5.69 Å². The van der Waals surface area contributed by atoms with Crippen LogP contribution in [0.5, 0.6) is 5.75 Å². The first-order valence-corrected chi connectivity index (χ1v) is 6.83. The van der Waals surface area contributed by atoms with Gasteiger partial charge in [-0.15, -0.1) is 0 Å². The van der Waals surface area contributed by atoms with Crippen LogP contribution < -0.4 is 4.74 Å². The van der Waals surface area contributed by atoms with Crippen LogP contribution in [0, 0.1) is 10.1 Å². The van der Waals surface area contributed by atoms with E-state index >= 15 is 0 Å². The zero-order valence-electron chi connectivity index (χ0n) is 13.0. The Balaban J connectivity index is 2.71. The molecule has 2 rings (SSSR count). The van der Waals surface area contributed by atoms with E-state index in [1.807, 2.05) is 0 Å². The third kappa shape index (κ3) is 3.19. The van der Waals surface area contributed by atoms with Crippen molar-refractivity contribution in [1.82, 2.24) is 0 Å². The summed E-state index contributed by atoms with van der Waals surface area (Å²) in [5, 5.41) is 20.2. The molecule has 0 fully saturated rings. The summed E-state index contributed by atoms with van der Waals surface area (Å²) in [5.41, 5.74) is -1.93. The second kappa shape index (κ2) is 5.50. The van der Waals surface area contributed by atoms with Crippen molar-refractivity contribution in [3.05, 3.63) is 38.9 Å². The zero-order chi connectivity index (χ0) is 18.4. The normalized spacial score (nSPS) is 17.6. The third-order valence-electron chi connectivity index (χ3n) is 3.52. The van der Waals surface area contributed by atoms with Gasteiger partial charge in [0.05, 0.1) is 10.5 Å². The summed E-state index contributed by atoms with van der Waals surface area (Å²) in [6.07, 6.45) is -6.79. The van der Waals surface area contributed by atoms with Crippen molar-refractivity contribution in [2.75, 3.05) is 0 Å². The molecule has 24 heavy (non-hydrogen) atoms.